The third-order valence-corrected chi connectivity index (χ3v) is 2.88. The maximum absolute atomic E-state index is 5.84. The van der Waals surface area contributed by atoms with Gasteiger partial charge in [-0.1, -0.05) is 6.07 Å². The van der Waals surface area contributed by atoms with E-state index in [1.165, 1.54) is 5.56 Å². The smallest absolute Gasteiger partial charge is 0.188 e. The number of aromatic nitrogens is 2. The van der Waals surface area contributed by atoms with E-state index in [2.05, 4.69) is 49.1 Å². The number of nitrogens with two attached hydrogens (primary N) is 1. The van der Waals surface area contributed by atoms with Crippen LogP contribution >= 0.6 is 24.0 Å². The second kappa shape index (κ2) is 7.11. The Morgan fingerprint density at radius 1 is 1.43 bits per heavy atom. The zero-order valence-electron chi connectivity index (χ0n) is 13.1. The van der Waals surface area contributed by atoms with Gasteiger partial charge < -0.3 is 15.5 Å². The average Bonchev–Trinajstić information content (AvgIpc) is 2.71. The van der Waals surface area contributed by atoms with Crippen molar-refractivity contribution in [2.75, 3.05) is 6.54 Å². The first-order valence-electron chi connectivity index (χ1n) is 6.86. The zero-order valence-corrected chi connectivity index (χ0v) is 15.4. The van der Waals surface area contributed by atoms with Crippen molar-refractivity contribution in [1.82, 2.24) is 14.7 Å². The molecule has 0 unspecified atom stereocenters. The number of aliphatic imine (C=N–C) groups is 1. The molecule has 0 radical (unpaired) electrons. The summed E-state index contributed by atoms with van der Waals surface area (Å²) in [7, 11) is 0. The van der Waals surface area contributed by atoms with E-state index in [1.807, 2.05) is 22.9 Å². The van der Waals surface area contributed by atoms with Crippen LogP contribution in [0.2, 0.25) is 0 Å². The zero-order chi connectivity index (χ0) is 14.8. The summed E-state index contributed by atoms with van der Waals surface area (Å²) < 4.78 is 2.05. The molecule has 0 atom stereocenters. The molecule has 0 fully saturated rings. The summed E-state index contributed by atoms with van der Waals surface area (Å²) in [4.78, 5) is 8.95. The molecular formula is C15H24IN5. The number of fused-ring (bicyclic) bond motifs is 1. The number of nitrogens with zero attached hydrogens (tertiary/aromatic N) is 3. The molecule has 0 aromatic carbocycles. The van der Waals surface area contributed by atoms with Crippen molar-refractivity contribution < 1.29 is 0 Å². The first kappa shape index (κ1) is 17.7. The molecular weight excluding hydrogens is 377 g/mol. The highest BCUT2D eigenvalue weighted by atomic mass is 127. The monoisotopic (exact) mass is 401 g/mol. The molecule has 2 aromatic heterocycles. The van der Waals surface area contributed by atoms with Crippen LogP contribution in [0.1, 0.15) is 32.0 Å². The van der Waals surface area contributed by atoms with Crippen LogP contribution in [0.3, 0.4) is 0 Å². The van der Waals surface area contributed by atoms with Gasteiger partial charge in [-0.2, -0.15) is 0 Å². The minimum Gasteiger partial charge on any atom is -0.370 e. The molecule has 0 amide bonds. The van der Waals surface area contributed by atoms with Crippen molar-refractivity contribution in [2.45, 2.75) is 39.7 Å². The lowest BCUT2D eigenvalue weighted by molar-refractivity contribution is 0.508. The Kier molecular flexibility index (Phi) is 6.00. The van der Waals surface area contributed by atoms with Gasteiger partial charge in [-0.3, -0.25) is 4.99 Å². The number of hydrogen-bond donors (Lipinski definition) is 2. The molecule has 0 aliphatic rings. The fourth-order valence-electron chi connectivity index (χ4n) is 2.04. The minimum atomic E-state index is -0.0617. The number of aryl methyl sites for hydroxylation is 1. The van der Waals surface area contributed by atoms with Crippen LogP contribution < -0.4 is 11.1 Å². The van der Waals surface area contributed by atoms with Gasteiger partial charge in [-0.15, -0.1) is 24.0 Å². The molecule has 2 heterocycles. The van der Waals surface area contributed by atoms with Crippen LogP contribution in [-0.4, -0.2) is 27.4 Å². The van der Waals surface area contributed by atoms with Gasteiger partial charge in [0.15, 0.2) is 5.96 Å². The summed E-state index contributed by atoms with van der Waals surface area (Å²) in [6.45, 7) is 8.87. The molecule has 0 saturated heterocycles. The molecule has 0 aliphatic heterocycles. The van der Waals surface area contributed by atoms with E-state index in [9.17, 15) is 0 Å². The van der Waals surface area contributed by atoms with Gasteiger partial charge in [-0.25, -0.2) is 4.98 Å². The standard InChI is InChI=1S/C15H23N5.HI/c1-11-6-5-9-20-10-12(18-13(11)20)7-8-17-14(16)19-15(2,3)4;/h5-6,9-10H,7-8H2,1-4H3,(H3,16,17,19);1H. The molecule has 3 N–H and O–H groups in total. The van der Waals surface area contributed by atoms with E-state index in [0.29, 0.717) is 12.5 Å². The van der Waals surface area contributed by atoms with Crippen molar-refractivity contribution in [2.24, 2.45) is 10.7 Å². The Balaban J connectivity index is 0.00000220. The van der Waals surface area contributed by atoms with Crippen LogP contribution in [0.4, 0.5) is 0 Å². The number of halogens is 1. The molecule has 21 heavy (non-hydrogen) atoms. The third-order valence-electron chi connectivity index (χ3n) is 2.88. The van der Waals surface area contributed by atoms with Gasteiger partial charge >= 0.3 is 0 Å². The van der Waals surface area contributed by atoms with Gasteiger partial charge in [-0.05, 0) is 39.3 Å². The fourth-order valence-corrected chi connectivity index (χ4v) is 2.04. The fraction of sp³-hybridized carbons (Fsp3) is 0.467. The summed E-state index contributed by atoms with van der Waals surface area (Å²) >= 11 is 0. The number of rotatable bonds is 3. The second-order valence-corrected chi connectivity index (χ2v) is 6.05. The van der Waals surface area contributed by atoms with Gasteiger partial charge in [0.25, 0.3) is 0 Å². The van der Waals surface area contributed by atoms with E-state index in [4.69, 9.17) is 5.73 Å². The number of guanidine groups is 1. The van der Waals surface area contributed by atoms with Crippen molar-refractivity contribution >= 4 is 35.6 Å². The number of hydrogen-bond acceptors (Lipinski definition) is 2. The van der Waals surface area contributed by atoms with Crippen LogP contribution in [0.5, 0.6) is 0 Å². The van der Waals surface area contributed by atoms with Crippen LogP contribution in [0.15, 0.2) is 29.5 Å². The topological polar surface area (TPSA) is 67.7 Å². The molecule has 6 heteroatoms. The van der Waals surface area contributed by atoms with Crippen molar-refractivity contribution in [3.63, 3.8) is 0 Å². The molecule has 0 aliphatic carbocycles. The van der Waals surface area contributed by atoms with Gasteiger partial charge in [0.2, 0.25) is 0 Å². The van der Waals surface area contributed by atoms with E-state index >= 15 is 0 Å². The van der Waals surface area contributed by atoms with E-state index in [1.54, 1.807) is 0 Å². The number of imidazole rings is 1. The highest BCUT2D eigenvalue weighted by molar-refractivity contribution is 14.0. The van der Waals surface area contributed by atoms with Gasteiger partial charge in [0, 0.05) is 30.9 Å². The Morgan fingerprint density at radius 3 is 2.76 bits per heavy atom. The lowest BCUT2D eigenvalue weighted by Crippen LogP contribution is -2.45. The van der Waals surface area contributed by atoms with Gasteiger partial charge in [0.05, 0.1) is 5.69 Å². The Morgan fingerprint density at radius 2 is 2.14 bits per heavy atom. The van der Waals surface area contributed by atoms with Crippen molar-refractivity contribution in [1.29, 1.82) is 0 Å². The predicted octanol–water partition coefficient (Wildman–Crippen LogP) is 2.51. The van der Waals surface area contributed by atoms with E-state index in [-0.39, 0.29) is 29.5 Å². The second-order valence-electron chi connectivity index (χ2n) is 6.05. The highest BCUT2D eigenvalue weighted by Gasteiger charge is 2.09. The molecule has 2 aromatic rings. The normalized spacial score (nSPS) is 12.3. The maximum Gasteiger partial charge on any atom is 0.188 e. The average molecular weight is 401 g/mol. The SMILES string of the molecule is Cc1cccn2cc(CCN=C(N)NC(C)(C)C)nc12.I. The van der Waals surface area contributed by atoms with E-state index in [0.717, 1.165) is 17.8 Å². The molecule has 2 rings (SSSR count). The predicted molar refractivity (Wildman–Crippen MR) is 98.4 cm³/mol. The summed E-state index contributed by atoms with van der Waals surface area (Å²) in [5.41, 5.74) is 8.99. The van der Waals surface area contributed by atoms with Gasteiger partial charge in [0.1, 0.15) is 5.65 Å². The Labute approximate surface area is 143 Å². The quantitative estimate of drug-likeness (QED) is 0.472. The lowest BCUT2D eigenvalue weighted by atomic mass is 10.1. The summed E-state index contributed by atoms with van der Waals surface area (Å²) in [6, 6.07) is 4.09. The molecule has 0 bridgehead atoms. The largest absolute Gasteiger partial charge is 0.370 e. The maximum atomic E-state index is 5.84. The van der Waals surface area contributed by atoms with Crippen molar-refractivity contribution in [3.8, 4) is 0 Å². The molecule has 0 saturated carbocycles. The number of nitrogens with one attached hydrogen (secondary N) is 1. The van der Waals surface area contributed by atoms with Crippen molar-refractivity contribution in [3.05, 3.63) is 35.8 Å². The van der Waals surface area contributed by atoms with E-state index < -0.39 is 0 Å². The lowest BCUT2D eigenvalue weighted by Gasteiger charge is -2.20. The van der Waals surface area contributed by atoms with Crippen LogP contribution in [-0.2, 0) is 6.42 Å². The Bertz CT molecular complexity index is 625. The van der Waals surface area contributed by atoms with Crippen LogP contribution in [0, 0.1) is 6.92 Å². The third kappa shape index (κ3) is 5.18. The minimum absolute atomic E-state index is 0. The first-order chi connectivity index (χ1) is 9.35. The summed E-state index contributed by atoms with van der Waals surface area (Å²) in [5, 5.41) is 3.14. The molecule has 5 nitrogen and oxygen atoms in total. The summed E-state index contributed by atoms with van der Waals surface area (Å²) in [6.07, 6.45) is 4.84. The highest BCUT2D eigenvalue weighted by Crippen LogP contribution is 2.10. The molecule has 116 valence electrons. The Hall–Kier alpha value is -1.31. The number of pyridine rings is 1. The van der Waals surface area contributed by atoms with Crippen LogP contribution in [0.25, 0.3) is 5.65 Å². The first-order valence-corrected chi connectivity index (χ1v) is 6.86. The molecule has 0 spiro atoms. The summed E-state index contributed by atoms with van der Waals surface area (Å²) in [5.74, 6) is 0.484.